The summed E-state index contributed by atoms with van der Waals surface area (Å²) >= 11 is 5.97. The topological polar surface area (TPSA) is 24.1 Å². The van der Waals surface area contributed by atoms with Gasteiger partial charge in [-0.15, -0.1) is 0 Å². The molecule has 2 rings (SSSR count). The van der Waals surface area contributed by atoms with E-state index in [1.165, 1.54) is 16.7 Å². The predicted molar refractivity (Wildman–Crippen MR) is 90.1 cm³/mol. The SMILES string of the molecule is C=C(C)NCc1ccc(CNCc2cccc(Cl)c2)cc1. The van der Waals surface area contributed by atoms with Crippen molar-refractivity contribution in [3.05, 3.63) is 82.5 Å². The van der Waals surface area contributed by atoms with E-state index in [1.54, 1.807) is 0 Å². The summed E-state index contributed by atoms with van der Waals surface area (Å²) in [5, 5.41) is 7.44. The van der Waals surface area contributed by atoms with Crippen molar-refractivity contribution in [3.8, 4) is 0 Å². The third-order valence-corrected chi connectivity index (χ3v) is 3.40. The molecular formula is C18H21ClN2. The number of allylic oxidation sites excluding steroid dienone is 1. The van der Waals surface area contributed by atoms with Gasteiger partial charge in [-0.1, -0.05) is 54.6 Å². The maximum absolute atomic E-state index is 5.97. The van der Waals surface area contributed by atoms with Crippen LogP contribution in [0.3, 0.4) is 0 Å². The average molecular weight is 301 g/mol. The molecule has 110 valence electrons. The normalized spacial score (nSPS) is 10.4. The minimum atomic E-state index is 0.781. The molecule has 0 aliphatic heterocycles. The Labute approximate surface area is 131 Å². The van der Waals surface area contributed by atoms with Crippen molar-refractivity contribution < 1.29 is 0 Å². The van der Waals surface area contributed by atoms with Crippen LogP contribution in [0.5, 0.6) is 0 Å². The highest BCUT2D eigenvalue weighted by Crippen LogP contribution is 2.11. The molecule has 21 heavy (non-hydrogen) atoms. The van der Waals surface area contributed by atoms with Gasteiger partial charge in [0, 0.05) is 30.4 Å². The van der Waals surface area contributed by atoms with Gasteiger partial charge < -0.3 is 10.6 Å². The van der Waals surface area contributed by atoms with E-state index < -0.39 is 0 Å². The highest BCUT2D eigenvalue weighted by atomic mass is 35.5. The van der Waals surface area contributed by atoms with Crippen molar-refractivity contribution in [2.45, 2.75) is 26.6 Å². The Bertz CT molecular complexity index is 590. The number of rotatable bonds is 7. The zero-order valence-electron chi connectivity index (χ0n) is 12.3. The molecule has 2 nitrogen and oxygen atoms in total. The van der Waals surface area contributed by atoms with Gasteiger partial charge in [-0.05, 0) is 35.7 Å². The minimum Gasteiger partial charge on any atom is -0.385 e. The Balaban J connectivity index is 1.79. The third kappa shape index (κ3) is 5.62. The first kappa shape index (κ1) is 15.6. The number of hydrogen-bond acceptors (Lipinski definition) is 2. The Morgan fingerprint density at radius 3 is 2.19 bits per heavy atom. The molecular weight excluding hydrogens is 280 g/mol. The van der Waals surface area contributed by atoms with Crippen LogP contribution in [0, 0.1) is 0 Å². The smallest absolute Gasteiger partial charge is 0.0409 e. The van der Waals surface area contributed by atoms with E-state index in [4.69, 9.17) is 11.6 Å². The lowest BCUT2D eigenvalue weighted by Crippen LogP contribution is -2.13. The fourth-order valence-electron chi connectivity index (χ4n) is 2.03. The lowest BCUT2D eigenvalue weighted by Gasteiger charge is -2.08. The molecule has 0 aliphatic carbocycles. The predicted octanol–water partition coefficient (Wildman–Crippen LogP) is 4.25. The largest absolute Gasteiger partial charge is 0.385 e. The summed E-state index contributed by atoms with van der Waals surface area (Å²) in [5.74, 6) is 0. The molecule has 2 aromatic carbocycles. The van der Waals surface area contributed by atoms with E-state index >= 15 is 0 Å². The van der Waals surface area contributed by atoms with Gasteiger partial charge in [0.1, 0.15) is 0 Å². The molecule has 0 atom stereocenters. The summed E-state index contributed by atoms with van der Waals surface area (Å²) in [5.41, 5.74) is 4.72. The summed E-state index contributed by atoms with van der Waals surface area (Å²) < 4.78 is 0. The van der Waals surface area contributed by atoms with Crippen LogP contribution in [0.4, 0.5) is 0 Å². The van der Waals surface area contributed by atoms with Gasteiger partial charge in [-0.3, -0.25) is 0 Å². The van der Waals surface area contributed by atoms with Crippen molar-refractivity contribution in [2.24, 2.45) is 0 Å². The maximum Gasteiger partial charge on any atom is 0.0409 e. The van der Waals surface area contributed by atoms with Gasteiger partial charge in [-0.25, -0.2) is 0 Å². The molecule has 3 heteroatoms. The first-order valence-electron chi connectivity index (χ1n) is 7.06. The molecule has 0 bridgehead atoms. The van der Waals surface area contributed by atoms with Crippen LogP contribution >= 0.6 is 11.6 Å². The lowest BCUT2D eigenvalue weighted by molar-refractivity contribution is 0.693. The maximum atomic E-state index is 5.97. The summed E-state index contributed by atoms with van der Waals surface area (Å²) in [4.78, 5) is 0. The molecule has 0 heterocycles. The Hall–Kier alpha value is -1.77. The fraction of sp³-hybridized carbons (Fsp3) is 0.222. The van der Waals surface area contributed by atoms with Crippen LogP contribution in [0.25, 0.3) is 0 Å². The standard InChI is InChI=1S/C18H21ClN2/c1-14(2)21-13-16-8-6-15(7-9-16)11-20-12-17-4-3-5-18(19)10-17/h3-10,20-21H,1,11-13H2,2H3. The highest BCUT2D eigenvalue weighted by Gasteiger charge is 1.97. The monoisotopic (exact) mass is 300 g/mol. The Kier molecular flexibility index (Phi) is 5.85. The molecule has 0 fully saturated rings. The van der Waals surface area contributed by atoms with Gasteiger partial charge in [-0.2, -0.15) is 0 Å². The summed E-state index contributed by atoms with van der Waals surface area (Å²) in [6.45, 7) is 8.29. The van der Waals surface area contributed by atoms with E-state index in [2.05, 4.69) is 47.5 Å². The molecule has 0 radical (unpaired) electrons. The van der Waals surface area contributed by atoms with Crippen molar-refractivity contribution in [3.63, 3.8) is 0 Å². The van der Waals surface area contributed by atoms with Crippen LogP contribution < -0.4 is 10.6 Å². The molecule has 0 spiro atoms. The second-order valence-corrected chi connectivity index (χ2v) is 5.62. The fourth-order valence-corrected chi connectivity index (χ4v) is 2.24. The van der Waals surface area contributed by atoms with Gasteiger partial charge in [0.25, 0.3) is 0 Å². The van der Waals surface area contributed by atoms with Crippen molar-refractivity contribution in [1.82, 2.24) is 10.6 Å². The quantitative estimate of drug-likeness (QED) is 0.798. The minimum absolute atomic E-state index is 0.781. The summed E-state index contributed by atoms with van der Waals surface area (Å²) in [7, 11) is 0. The summed E-state index contributed by atoms with van der Waals surface area (Å²) in [6, 6.07) is 16.5. The number of halogens is 1. The number of nitrogens with one attached hydrogen (secondary N) is 2. The molecule has 0 aliphatic rings. The van der Waals surface area contributed by atoms with Crippen LogP contribution in [0.15, 0.2) is 60.8 Å². The van der Waals surface area contributed by atoms with Crippen molar-refractivity contribution >= 4 is 11.6 Å². The van der Waals surface area contributed by atoms with Gasteiger partial charge >= 0.3 is 0 Å². The van der Waals surface area contributed by atoms with Gasteiger partial charge in [0.2, 0.25) is 0 Å². The molecule has 0 unspecified atom stereocenters. The molecule has 0 saturated heterocycles. The van der Waals surface area contributed by atoms with Gasteiger partial charge in [0.15, 0.2) is 0 Å². The zero-order chi connectivity index (χ0) is 15.1. The molecule has 2 aromatic rings. The van der Waals surface area contributed by atoms with E-state index in [9.17, 15) is 0 Å². The van der Waals surface area contributed by atoms with E-state index in [0.29, 0.717) is 0 Å². The first-order valence-corrected chi connectivity index (χ1v) is 7.43. The van der Waals surface area contributed by atoms with Crippen LogP contribution in [0.1, 0.15) is 23.6 Å². The second kappa shape index (κ2) is 7.87. The zero-order valence-corrected chi connectivity index (χ0v) is 13.1. The molecule has 0 saturated carbocycles. The number of hydrogen-bond donors (Lipinski definition) is 2. The first-order chi connectivity index (χ1) is 10.1. The Morgan fingerprint density at radius 1 is 0.952 bits per heavy atom. The third-order valence-electron chi connectivity index (χ3n) is 3.16. The van der Waals surface area contributed by atoms with Crippen molar-refractivity contribution in [1.29, 1.82) is 0 Å². The number of benzene rings is 2. The molecule has 0 aromatic heterocycles. The van der Waals surface area contributed by atoms with Gasteiger partial charge in [0.05, 0.1) is 0 Å². The second-order valence-electron chi connectivity index (χ2n) is 5.18. The van der Waals surface area contributed by atoms with E-state index in [-0.39, 0.29) is 0 Å². The average Bonchev–Trinajstić information content (AvgIpc) is 2.46. The summed E-state index contributed by atoms with van der Waals surface area (Å²) in [6.07, 6.45) is 0. The van der Waals surface area contributed by atoms with E-state index in [0.717, 1.165) is 30.4 Å². The van der Waals surface area contributed by atoms with Crippen molar-refractivity contribution in [2.75, 3.05) is 0 Å². The van der Waals surface area contributed by atoms with Crippen LogP contribution in [0.2, 0.25) is 5.02 Å². The molecule has 2 N–H and O–H groups in total. The van der Waals surface area contributed by atoms with Crippen LogP contribution in [-0.4, -0.2) is 0 Å². The molecule has 0 amide bonds. The lowest BCUT2D eigenvalue weighted by atomic mass is 10.1. The highest BCUT2D eigenvalue weighted by molar-refractivity contribution is 6.30. The van der Waals surface area contributed by atoms with E-state index in [1.807, 2.05) is 25.1 Å². The van der Waals surface area contributed by atoms with Crippen LogP contribution in [-0.2, 0) is 19.6 Å². The Morgan fingerprint density at radius 2 is 1.57 bits per heavy atom.